The van der Waals surface area contributed by atoms with E-state index in [4.69, 9.17) is 0 Å². The number of anilines is 2. The van der Waals surface area contributed by atoms with E-state index in [1.165, 1.54) is 12.1 Å². The van der Waals surface area contributed by atoms with Crippen LogP contribution in [0.2, 0.25) is 0 Å². The Morgan fingerprint density at radius 1 is 1.12 bits per heavy atom. The summed E-state index contributed by atoms with van der Waals surface area (Å²) in [5.74, 6) is -0.0383. The average molecular weight is 486 g/mol. The Hall–Kier alpha value is -1.39. The Morgan fingerprint density at radius 3 is 2.08 bits per heavy atom. The summed E-state index contributed by atoms with van der Waals surface area (Å²) in [7, 11) is 0. The zero-order valence-corrected chi connectivity index (χ0v) is 15.7. The number of hydrogen-bond acceptors (Lipinski definition) is 3. The number of amides is 2. The van der Waals surface area contributed by atoms with Gasteiger partial charge >= 0.3 is 12.2 Å². The predicted octanol–water partition coefficient (Wildman–Crippen LogP) is 5.82. The van der Waals surface area contributed by atoms with Gasteiger partial charge in [-0.3, -0.25) is 0 Å². The highest BCUT2D eigenvalue weighted by atomic mass is 79.9. The van der Waals surface area contributed by atoms with Gasteiger partial charge in [-0.2, -0.15) is 13.2 Å². The van der Waals surface area contributed by atoms with Crippen molar-refractivity contribution >= 4 is 62.1 Å². The van der Waals surface area contributed by atoms with Crippen LogP contribution < -0.4 is 9.62 Å². The predicted molar refractivity (Wildman–Crippen MR) is 95.4 cm³/mol. The molecule has 4 nitrogen and oxygen atoms in total. The van der Waals surface area contributed by atoms with E-state index in [0.717, 1.165) is 28.6 Å². The summed E-state index contributed by atoms with van der Waals surface area (Å²) >= 11 is 10.3. The van der Waals surface area contributed by atoms with Crippen LogP contribution in [0.3, 0.4) is 0 Å². The van der Waals surface area contributed by atoms with Crippen LogP contribution in [0, 0.1) is 0 Å². The molecule has 2 aromatic carbocycles. The molecule has 0 atom stereocenters. The van der Waals surface area contributed by atoms with Crippen molar-refractivity contribution in [3.8, 4) is 5.75 Å². The molecule has 0 bridgehead atoms. The number of rotatable bonds is 2. The van der Waals surface area contributed by atoms with Crippen molar-refractivity contribution < 1.29 is 23.1 Å². The van der Waals surface area contributed by atoms with Crippen LogP contribution in [0.15, 0.2) is 45.3 Å². The van der Waals surface area contributed by atoms with Crippen LogP contribution in [0.4, 0.5) is 29.3 Å². The van der Waals surface area contributed by atoms with E-state index in [0.29, 0.717) is 14.6 Å². The van der Waals surface area contributed by atoms with Crippen LogP contribution >= 0.6 is 44.7 Å². The number of aromatic hydroxyl groups is 1. The molecular weight excluding hydrogens is 477 g/mol. The van der Waals surface area contributed by atoms with Gasteiger partial charge in [-0.1, -0.05) is 12.8 Å². The number of phenols is 1. The maximum Gasteiger partial charge on any atom is 0.416 e. The highest BCUT2D eigenvalue weighted by molar-refractivity contribution is 9.11. The van der Waals surface area contributed by atoms with Gasteiger partial charge in [0.1, 0.15) is 5.75 Å². The molecule has 0 spiro atoms. The highest BCUT2D eigenvalue weighted by Crippen LogP contribution is 2.37. The largest absolute Gasteiger partial charge is 0.506 e. The van der Waals surface area contributed by atoms with Crippen LogP contribution in [0.5, 0.6) is 5.75 Å². The van der Waals surface area contributed by atoms with Crippen LogP contribution in [-0.2, 0) is 6.18 Å². The molecule has 10 heteroatoms. The molecule has 0 fully saturated rings. The first kappa shape index (κ1) is 18.9. The molecule has 0 aliphatic carbocycles. The monoisotopic (exact) mass is 484 g/mol. The lowest BCUT2D eigenvalue weighted by atomic mass is 10.2. The zero-order valence-electron chi connectivity index (χ0n) is 11.6. The van der Waals surface area contributed by atoms with Crippen molar-refractivity contribution in [3.05, 3.63) is 50.9 Å². The summed E-state index contributed by atoms with van der Waals surface area (Å²) in [6.07, 6.45) is -4.44. The number of urea groups is 1. The minimum Gasteiger partial charge on any atom is -0.506 e. The molecule has 0 heterocycles. The Balaban J connectivity index is 2.14. The molecule has 0 saturated carbocycles. The van der Waals surface area contributed by atoms with Crippen molar-refractivity contribution in [1.82, 2.24) is 0 Å². The number of carbonyl (C=O) groups is 1. The van der Waals surface area contributed by atoms with E-state index >= 15 is 0 Å². The number of carbonyl (C=O) groups excluding carboxylic acids is 1. The van der Waals surface area contributed by atoms with Crippen LogP contribution in [-0.4, -0.2) is 11.1 Å². The third kappa shape index (κ3) is 4.37. The van der Waals surface area contributed by atoms with Gasteiger partial charge in [0.2, 0.25) is 0 Å². The maximum atomic E-state index is 12.5. The van der Waals surface area contributed by atoms with Gasteiger partial charge in [0.05, 0.1) is 20.2 Å². The SMILES string of the molecule is O=C(Nc1ccc(C(F)(F)F)cc1)N(S)c1cc(Br)c(O)c(Br)c1. The Bertz CT molecular complexity index is 747. The van der Waals surface area contributed by atoms with Crippen molar-refractivity contribution in [2.75, 3.05) is 9.62 Å². The first-order valence-electron chi connectivity index (χ1n) is 6.25. The van der Waals surface area contributed by atoms with Gasteiger partial charge in [0.25, 0.3) is 0 Å². The second-order valence-electron chi connectivity index (χ2n) is 4.58. The van der Waals surface area contributed by atoms with Crippen LogP contribution in [0.1, 0.15) is 5.56 Å². The molecule has 128 valence electrons. The van der Waals surface area contributed by atoms with E-state index in [1.807, 2.05) is 0 Å². The van der Waals surface area contributed by atoms with Gasteiger partial charge in [-0.15, -0.1) is 0 Å². The van der Waals surface area contributed by atoms with Crippen molar-refractivity contribution in [2.45, 2.75) is 6.18 Å². The number of benzene rings is 2. The smallest absolute Gasteiger partial charge is 0.416 e. The average Bonchev–Trinajstić information content (AvgIpc) is 2.51. The summed E-state index contributed by atoms with van der Waals surface area (Å²) in [6, 6.07) is 6.26. The van der Waals surface area contributed by atoms with Gasteiger partial charge in [0.15, 0.2) is 0 Å². The van der Waals surface area contributed by atoms with E-state index in [1.54, 1.807) is 0 Å². The molecular formula is C14H9Br2F3N2O2S. The van der Waals surface area contributed by atoms with Gasteiger partial charge in [-0.05, 0) is 68.3 Å². The van der Waals surface area contributed by atoms with Crippen molar-refractivity contribution in [2.24, 2.45) is 0 Å². The lowest BCUT2D eigenvalue weighted by Gasteiger charge is -2.18. The summed E-state index contributed by atoms with van der Waals surface area (Å²) in [6.45, 7) is 0. The fourth-order valence-corrected chi connectivity index (χ4v) is 3.04. The quantitative estimate of drug-likeness (QED) is 0.469. The minimum absolute atomic E-state index is 0.0383. The lowest BCUT2D eigenvalue weighted by molar-refractivity contribution is -0.137. The van der Waals surface area contributed by atoms with E-state index in [2.05, 4.69) is 50.0 Å². The summed E-state index contributed by atoms with van der Waals surface area (Å²) in [4.78, 5) is 12.1. The Morgan fingerprint density at radius 2 is 1.62 bits per heavy atom. The third-order valence-corrected chi connectivity index (χ3v) is 4.52. The number of nitrogens with one attached hydrogen (secondary N) is 1. The van der Waals surface area contributed by atoms with Gasteiger partial charge in [-0.25, -0.2) is 9.10 Å². The molecule has 0 unspecified atom stereocenters. The molecule has 0 radical (unpaired) electrons. The lowest BCUT2D eigenvalue weighted by Crippen LogP contribution is -2.26. The number of nitrogens with zero attached hydrogens (tertiary/aromatic N) is 1. The number of alkyl halides is 3. The van der Waals surface area contributed by atoms with E-state index < -0.39 is 17.8 Å². The molecule has 0 aliphatic heterocycles. The molecule has 24 heavy (non-hydrogen) atoms. The van der Waals surface area contributed by atoms with E-state index in [-0.39, 0.29) is 11.4 Å². The van der Waals surface area contributed by atoms with Crippen molar-refractivity contribution in [1.29, 1.82) is 0 Å². The normalized spacial score (nSPS) is 11.2. The molecule has 2 aromatic rings. The van der Waals surface area contributed by atoms with Gasteiger partial charge in [0, 0.05) is 5.69 Å². The maximum absolute atomic E-state index is 12.5. The minimum atomic E-state index is -4.44. The molecule has 2 N–H and O–H groups in total. The number of phenolic OH excluding ortho intramolecular Hbond substituents is 1. The zero-order chi connectivity index (χ0) is 18.1. The topological polar surface area (TPSA) is 52.6 Å². The standard InChI is InChI=1S/C14H9Br2F3N2O2S/c15-10-5-9(6-11(16)12(10)22)21(24)13(23)20-8-3-1-7(2-4-8)14(17,18)19/h1-6,22,24H,(H,20,23). The fraction of sp³-hybridized carbons (Fsp3) is 0.0714. The number of halogens is 5. The number of thiol groups is 1. The highest BCUT2D eigenvalue weighted by Gasteiger charge is 2.30. The second kappa shape index (κ2) is 7.24. The first-order chi connectivity index (χ1) is 11.1. The fourth-order valence-electron chi connectivity index (χ4n) is 1.71. The molecule has 0 aromatic heterocycles. The third-order valence-electron chi connectivity index (χ3n) is 2.90. The summed E-state index contributed by atoms with van der Waals surface area (Å²) in [5.41, 5.74) is -0.294. The Labute approximate surface area is 157 Å². The summed E-state index contributed by atoms with van der Waals surface area (Å²) in [5, 5.41) is 12.1. The molecule has 2 amide bonds. The molecule has 2 rings (SSSR count). The number of hydrogen-bond donors (Lipinski definition) is 3. The first-order valence-corrected chi connectivity index (χ1v) is 8.23. The molecule has 0 aliphatic rings. The second-order valence-corrected chi connectivity index (χ2v) is 6.68. The summed E-state index contributed by atoms with van der Waals surface area (Å²) < 4.78 is 39.1. The van der Waals surface area contributed by atoms with Gasteiger partial charge < -0.3 is 10.4 Å². The van der Waals surface area contributed by atoms with E-state index in [9.17, 15) is 23.1 Å². The molecule has 0 saturated heterocycles. The van der Waals surface area contributed by atoms with Crippen molar-refractivity contribution in [3.63, 3.8) is 0 Å². The van der Waals surface area contributed by atoms with Crippen LogP contribution in [0.25, 0.3) is 0 Å². The Kier molecular flexibility index (Phi) is 5.71.